The van der Waals surface area contributed by atoms with Gasteiger partial charge >= 0.3 is 0 Å². The van der Waals surface area contributed by atoms with E-state index >= 15 is 0 Å². The van der Waals surface area contributed by atoms with Gasteiger partial charge in [-0.3, -0.25) is 4.79 Å². The predicted molar refractivity (Wildman–Crippen MR) is 103 cm³/mol. The molecule has 0 atom stereocenters. The first-order valence-electron chi connectivity index (χ1n) is 8.54. The first-order chi connectivity index (χ1) is 13.2. The maximum absolute atomic E-state index is 12.1. The van der Waals surface area contributed by atoms with Gasteiger partial charge in [-0.2, -0.15) is 5.26 Å². The third-order valence-corrected chi connectivity index (χ3v) is 3.91. The minimum absolute atomic E-state index is 0.0400. The van der Waals surface area contributed by atoms with Crippen molar-refractivity contribution < 1.29 is 14.3 Å². The number of benzene rings is 2. The van der Waals surface area contributed by atoms with Crippen LogP contribution in [0.3, 0.4) is 0 Å². The van der Waals surface area contributed by atoms with E-state index in [2.05, 4.69) is 10.6 Å². The molecule has 0 aromatic heterocycles. The Kier molecular flexibility index (Phi) is 7.73. The molecular weight excluding hydrogens is 342 g/mol. The van der Waals surface area contributed by atoms with Crippen molar-refractivity contribution in [2.24, 2.45) is 0 Å². The second-order valence-electron chi connectivity index (χ2n) is 5.73. The van der Waals surface area contributed by atoms with Gasteiger partial charge in [-0.15, -0.1) is 0 Å². The highest BCUT2D eigenvalue weighted by molar-refractivity contribution is 5.97. The minimum Gasteiger partial charge on any atom is -0.493 e. The van der Waals surface area contributed by atoms with Crippen molar-refractivity contribution in [3.8, 4) is 17.6 Å². The Bertz CT molecular complexity index is 826. The lowest BCUT2D eigenvalue weighted by Crippen LogP contribution is -2.27. The van der Waals surface area contributed by atoms with Gasteiger partial charge in [0.15, 0.2) is 11.5 Å². The molecule has 2 aromatic rings. The topological polar surface area (TPSA) is 83.4 Å². The van der Waals surface area contributed by atoms with E-state index in [1.165, 1.54) is 6.20 Å². The zero-order valence-corrected chi connectivity index (χ0v) is 15.5. The summed E-state index contributed by atoms with van der Waals surface area (Å²) in [5.74, 6) is 0.895. The van der Waals surface area contributed by atoms with Crippen LogP contribution in [-0.2, 0) is 17.8 Å². The lowest BCUT2D eigenvalue weighted by molar-refractivity contribution is -0.117. The van der Waals surface area contributed by atoms with Gasteiger partial charge in [0, 0.05) is 19.3 Å². The van der Waals surface area contributed by atoms with E-state index in [1.807, 2.05) is 54.6 Å². The summed E-state index contributed by atoms with van der Waals surface area (Å²) in [7, 11) is 3.16. The Morgan fingerprint density at radius 1 is 1.07 bits per heavy atom. The van der Waals surface area contributed by atoms with E-state index in [0.29, 0.717) is 31.0 Å². The van der Waals surface area contributed by atoms with Gasteiger partial charge in [0.05, 0.1) is 14.2 Å². The third kappa shape index (κ3) is 6.08. The molecule has 0 unspecified atom stereocenters. The number of nitriles is 1. The normalized spacial score (nSPS) is 10.6. The molecule has 0 aliphatic heterocycles. The zero-order valence-electron chi connectivity index (χ0n) is 15.5. The van der Waals surface area contributed by atoms with Crippen molar-refractivity contribution >= 4 is 5.91 Å². The second-order valence-corrected chi connectivity index (χ2v) is 5.73. The van der Waals surface area contributed by atoms with Gasteiger partial charge < -0.3 is 20.1 Å². The summed E-state index contributed by atoms with van der Waals surface area (Å²) >= 11 is 0. The molecule has 0 bridgehead atoms. The van der Waals surface area contributed by atoms with Crippen LogP contribution < -0.4 is 20.1 Å². The molecule has 1 amide bonds. The van der Waals surface area contributed by atoms with Gasteiger partial charge in [0.25, 0.3) is 5.91 Å². The second kappa shape index (κ2) is 10.5. The molecule has 2 aromatic carbocycles. The Morgan fingerprint density at radius 2 is 1.81 bits per heavy atom. The molecule has 2 N–H and O–H groups in total. The highest BCUT2D eigenvalue weighted by Gasteiger charge is 2.09. The van der Waals surface area contributed by atoms with Crippen LogP contribution in [0.15, 0.2) is 60.3 Å². The Balaban J connectivity index is 1.84. The van der Waals surface area contributed by atoms with E-state index in [0.717, 1.165) is 11.1 Å². The SMILES string of the molecule is COc1ccc(CCNC(=O)/C(C#N)=C\NCc2ccccc2)cc1OC. The number of ether oxygens (including phenoxy) is 2. The first kappa shape index (κ1) is 19.9. The summed E-state index contributed by atoms with van der Waals surface area (Å²) < 4.78 is 10.5. The summed E-state index contributed by atoms with van der Waals surface area (Å²) in [6, 6.07) is 17.3. The number of hydrogen-bond donors (Lipinski definition) is 2. The van der Waals surface area contributed by atoms with Gasteiger partial charge in [-0.05, 0) is 29.7 Å². The van der Waals surface area contributed by atoms with E-state index < -0.39 is 5.91 Å². The summed E-state index contributed by atoms with van der Waals surface area (Å²) in [6.45, 7) is 0.955. The highest BCUT2D eigenvalue weighted by Crippen LogP contribution is 2.27. The van der Waals surface area contributed by atoms with Gasteiger partial charge in [-0.25, -0.2) is 0 Å². The molecule has 0 saturated heterocycles. The summed E-state index contributed by atoms with van der Waals surface area (Å²) in [5.41, 5.74) is 2.11. The van der Waals surface area contributed by atoms with Crippen LogP contribution in [0.5, 0.6) is 11.5 Å². The maximum atomic E-state index is 12.1. The van der Waals surface area contributed by atoms with Gasteiger partial charge in [-0.1, -0.05) is 36.4 Å². The summed E-state index contributed by atoms with van der Waals surface area (Å²) in [6.07, 6.45) is 2.06. The molecule has 140 valence electrons. The molecule has 0 aliphatic carbocycles. The van der Waals surface area contributed by atoms with Crippen LogP contribution in [0.2, 0.25) is 0 Å². The van der Waals surface area contributed by atoms with Crippen molar-refractivity contribution in [1.29, 1.82) is 5.26 Å². The average molecular weight is 365 g/mol. The molecule has 0 radical (unpaired) electrons. The van der Waals surface area contributed by atoms with Crippen molar-refractivity contribution in [2.45, 2.75) is 13.0 Å². The van der Waals surface area contributed by atoms with Crippen LogP contribution in [-0.4, -0.2) is 26.7 Å². The van der Waals surface area contributed by atoms with E-state index in [1.54, 1.807) is 14.2 Å². The standard InChI is InChI=1S/C21H23N3O3/c1-26-19-9-8-16(12-20(19)27-2)10-11-24-21(25)18(13-22)15-23-14-17-6-4-3-5-7-17/h3-9,12,15,23H,10-11,14H2,1-2H3,(H,24,25)/b18-15-. The predicted octanol–water partition coefficient (Wildman–Crippen LogP) is 2.56. The smallest absolute Gasteiger partial charge is 0.263 e. The molecule has 6 heteroatoms. The first-order valence-corrected chi connectivity index (χ1v) is 8.54. The zero-order chi connectivity index (χ0) is 19.5. The molecule has 6 nitrogen and oxygen atoms in total. The number of carbonyl (C=O) groups excluding carboxylic acids is 1. The number of nitrogens with zero attached hydrogens (tertiary/aromatic N) is 1. The van der Waals surface area contributed by atoms with Gasteiger partial charge in [0.1, 0.15) is 11.6 Å². The van der Waals surface area contributed by atoms with Crippen molar-refractivity contribution in [3.05, 3.63) is 71.4 Å². The van der Waals surface area contributed by atoms with E-state index in [-0.39, 0.29) is 5.57 Å². The van der Waals surface area contributed by atoms with Crippen LogP contribution in [0, 0.1) is 11.3 Å². The largest absolute Gasteiger partial charge is 0.493 e. The van der Waals surface area contributed by atoms with Gasteiger partial charge in [0.2, 0.25) is 0 Å². The van der Waals surface area contributed by atoms with E-state index in [9.17, 15) is 10.1 Å². The van der Waals surface area contributed by atoms with Crippen LogP contribution >= 0.6 is 0 Å². The molecule has 0 heterocycles. The maximum Gasteiger partial charge on any atom is 0.263 e. The number of methoxy groups -OCH3 is 2. The minimum atomic E-state index is -0.404. The molecule has 0 aliphatic rings. The summed E-state index contributed by atoms with van der Waals surface area (Å²) in [4.78, 5) is 12.1. The van der Waals surface area contributed by atoms with Crippen molar-refractivity contribution in [3.63, 3.8) is 0 Å². The molecular formula is C21H23N3O3. The molecule has 0 saturated carbocycles. The lowest BCUT2D eigenvalue weighted by atomic mass is 10.1. The number of nitrogens with one attached hydrogen (secondary N) is 2. The average Bonchev–Trinajstić information content (AvgIpc) is 2.71. The summed E-state index contributed by atoms with van der Waals surface area (Å²) in [5, 5.41) is 14.9. The molecule has 0 fully saturated rings. The number of hydrogen-bond acceptors (Lipinski definition) is 5. The van der Waals surface area contributed by atoms with Crippen molar-refractivity contribution in [1.82, 2.24) is 10.6 Å². The monoisotopic (exact) mass is 365 g/mol. The van der Waals surface area contributed by atoms with E-state index in [4.69, 9.17) is 9.47 Å². The van der Waals surface area contributed by atoms with Crippen LogP contribution in [0.4, 0.5) is 0 Å². The van der Waals surface area contributed by atoms with Crippen LogP contribution in [0.1, 0.15) is 11.1 Å². The highest BCUT2D eigenvalue weighted by atomic mass is 16.5. The number of rotatable bonds is 9. The third-order valence-electron chi connectivity index (χ3n) is 3.91. The Hall–Kier alpha value is -3.46. The Labute approximate surface area is 159 Å². The number of carbonyl (C=O) groups is 1. The fourth-order valence-electron chi connectivity index (χ4n) is 2.47. The van der Waals surface area contributed by atoms with Crippen molar-refractivity contribution in [2.75, 3.05) is 20.8 Å². The van der Waals surface area contributed by atoms with Crippen LogP contribution in [0.25, 0.3) is 0 Å². The lowest BCUT2D eigenvalue weighted by Gasteiger charge is -2.10. The fourth-order valence-corrected chi connectivity index (χ4v) is 2.47. The quantitative estimate of drug-likeness (QED) is 0.527. The fraction of sp³-hybridized carbons (Fsp3) is 0.238. The molecule has 27 heavy (non-hydrogen) atoms. The Morgan fingerprint density at radius 3 is 2.48 bits per heavy atom. The molecule has 0 spiro atoms. The molecule has 2 rings (SSSR count). The number of amides is 1.